The lowest BCUT2D eigenvalue weighted by molar-refractivity contribution is -0.124. The average Bonchev–Trinajstić information content (AvgIpc) is 2.81. The maximum absolute atomic E-state index is 13.5. The maximum atomic E-state index is 13.5. The summed E-state index contributed by atoms with van der Waals surface area (Å²) < 4.78 is 0. The highest BCUT2D eigenvalue weighted by molar-refractivity contribution is 7.99. The van der Waals surface area contributed by atoms with Gasteiger partial charge in [-0.25, -0.2) is 0 Å². The van der Waals surface area contributed by atoms with Crippen molar-refractivity contribution in [3.8, 4) is 5.75 Å². The Hall–Kier alpha value is -1.29. The van der Waals surface area contributed by atoms with Gasteiger partial charge in [-0.15, -0.1) is 0 Å². The van der Waals surface area contributed by atoms with Crippen LogP contribution in [-0.2, 0) is 20.4 Å². The molecule has 0 amide bonds. The molecular weight excluding hydrogens is 476 g/mol. The fourth-order valence-electron chi connectivity index (χ4n) is 4.89. The first-order chi connectivity index (χ1) is 17.3. The van der Waals surface area contributed by atoms with E-state index in [1.54, 1.807) is 0 Å². The van der Waals surface area contributed by atoms with Crippen LogP contribution < -0.4 is 0 Å². The normalized spacial score (nSPS) is 13.9. The predicted octanol–water partition coefficient (Wildman–Crippen LogP) is 9.52. The molecule has 0 heterocycles. The van der Waals surface area contributed by atoms with Crippen LogP contribution in [0.5, 0.6) is 5.75 Å². The number of carbonyl (C=O) groups is 2. The molecule has 0 saturated heterocycles. The van der Waals surface area contributed by atoms with Crippen LogP contribution in [0.3, 0.4) is 0 Å². The van der Waals surface area contributed by atoms with E-state index in [1.807, 2.05) is 30.8 Å². The number of hydrogen-bond donors (Lipinski definition) is 1. The van der Waals surface area contributed by atoms with Crippen molar-refractivity contribution >= 4 is 23.8 Å². The average molecular weight is 533 g/mol. The van der Waals surface area contributed by atoms with E-state index < -0.39 is 5.92 Å². The van der Waals surface area contributed by atoms with Crippen molar-refractivity contribution in [3.05, 3.63) is 28.8 Å². The highest BCUT2D eigenvalue weighted by atomic mass is 32.2. The van der Waals surface area contributed by atoms with Crippen molar-refractivity contribution in [1.82, 2.24) is 0 Å². The Kier molecular flexibility index (Phi) is 15.2. The highest BCUT2D eigenvalue weighted by Crippen LogP contribution is 2.42. The monoisotopic (exact) mass is 532 g/mol. The van der Waals surface area contributed by atoms with Crippen LogP contribution >= 0.6 is 11.8 Å². The van der Waals surface area contributed by atoms with Crippen molar-refractivity contribution < 1.29 is 14.7 Å². The Morgan fingerprint density at radius 1 is 0.865 bits per heavy atom. The highest BCUT2D eigenvalue weighted by Gasteiger charge is 2.31. The lowest BCUT2D eigenvalue weighted by Crippen LogP contribution is -2.24. The van der Waals surface area contributed by atoms with Gasteiger partial charge in [0.25, 0.3) is 0 Å². The molecule has 0 bridgehead atoms. The number of carbonyl (C=O) groups excluding carboxylic acids is 2. The largest absolute Gasteiger partial charge is 0.507 e. The Labute approximate surface area is 233 Å². The van der Waals surface area contributed by atoms with Crippen LogP contribution in [0.2, 0.25) is 0 Å². The summed E-state index contributed by atoms with van der Waals surface area (Å²) in [6.45, 7) is 16.7. The van der Waals surface area contributed by atoms with Gasteiger partial charge in [-0.05, 0) is 39.7 Å². The summed E-state index contributed by atoms with van der Waals surface area (Å²) in [7, 11) is 0. The molecule has 1 rings (SSSR count). The molecule has 1 aromatic rings. The summed E-state index contributed by atoms with van der Waals surface area (Å²) in [5, 5.41) is 11.1. The van der Waals surface area contributed by atoms with Gasteiger partial charge in [0.15, 0.2) is 0 Å². The standard InChI is InChI=1S/C33H56O3S/c1-9-10-11-12-13-14-15-16-17-18-21-37-24-25(2)30(35)27(19-20-34)26-22-28(32(3,4)5)31(36)29(23-26)33(6,7)8/h20,22-23,25,27,36H,9-19,21,24H2,1-8H3. The molecule has 0 saturated carbocycles. The number of phenolic OH excluding ortho intramolecular Hbond substituents is 1. The Morgan fingerprint density at radius 3 is 1.76 bits per heavy atom. The SMILES string of the molecule is CCCCCCCCCCCCSCC(C)C(=O)C(CC=O)c1cc(C(C)(C)C)c(O)c(C(C)(C)C)c1. The summed E-state index contributed by atoms with van der Waals surface area (Å²) in [5.74, 6) is 1.75. The minimum absolute atomic E-state index is 0.108. The molecule has 0 aromatic heterocycles. The minimum atomic E-state index is -0.465. The quantitative estimate of drug-likeness (QED) is 0.151. The fraction of sp³-hybridized carbons (Fsp3) is 0.758. The van der Waals surface area contributed by atoms with E-state index in [9.17, 15) is 14.7 Å². The third-order valence-electron chi connectivity index (χ3n) is 7.32. The van der Waals surface area contributed by atoms with Crippen molar-refractivity contribution in [2.24, 2.45) is 5.92 Å². The van der Waals surface area contributed by atoms with Crippen molar-refractivity contribution in [2.75, 3.05) is 11.5 Å². The van der Waals surface area contributed by atoms with E-state index in [1.165, 1.54) is 64.2 Å². The molecule has 0 aliphatic heterocycles. The maximum Gasteiger partial charge on any atom is 0.144 e. The van der Waals surface area contributed by atoms with E-state index in [-0.39, 0.29) is 29.0 Å². The molecule has 1 N–H and O–H groups in total. The second-order valence-corrected chi connectivity index (χ2v) is 14.1. The van der Waals surface area contributed by atoms with Gasteiger partial charge in [0, 0.05) is 24.0 Å². The lowest BCUT2D eigenvalue weighted by Gasteiger charge is -2.30. The van der Waals surface area contributed by atoms with Gasteiger partial charge in [0.2, 0.25) is 0 Å². The molecule has 0 aliphatic carbocycles. The fourth-order valence-corrected chi connectivity index (χ4v) is 5.98. The summed E-state index contributed by atoms with van der Waals surface area (Å²) in [4.78, 5) is 25.2. The molecule has 4 heteroatoms. The zero-order valence-corrected chi connectivity index (χ0v) is 26.1. The van der Waals surface area contributed by atoms with E-state index in [2.05, 4.69) is 48.5 Å². The molecule has 0 radical (unpaired) electrons. The van der Waals surface area contributed by atoms with E-state index >= 15 is 0 Å². The van der Waals surface area contributed by atoms with Gasteiger partial charge >= 0.3 is 0 Å². The molecule has 212 valence electrons. The molecule has 37 heavy (non-hydrogen) atoms. The van der Waals surface area contributed by atoms with E-state index in [0.29, 0.717) is 5.75 Å². The van der Waals surface area contributed by atoms with Gasteiger partial charge in [0.1, 0.15) is 17.8 Å². The molecule has 2 unspecified atom stereocenters. The Morgan fingerprint density at radius 2 is 1.32 bits per heavy atom. The second kappa shape index (κ2) is 16.6. The minimum Gasteiger partial charge on any atom is -0.507 e. The second-order valence-electron chi connectivity index (χ2n) is 13.0. The predicted molar refractivity (Wildman–Crippen MR) is 162 cm³/mol. The third-order valence-corrected chi connectivity index (χ3v) is 8.63. The van der Waals surface area contributed by atoms with Crippen LogP contribution in [0.15, 0.2) is 12.1 Å². The summed E-state index contributed by atoms with van der Waals surface area (Å²) >= 11 is 1.87. The summed E-state index contributed by atoms with van der Waals surface area (Å²) in [5.41, 5.74) is 1.98. The van der Waals surface area contributed by atoms with Crippen LogP contribution in [0, 0.1) is 5.92 Å². The number of thioether (sulfide) groups is 1. The van der Waals surface area contributed by atoms with Gasteiger partial charge < -0.3 is 9.90 Å². The summed E-state index contributed by atoms with van der Waals surface area (Å²) in [6, 6.07) is 3.92. The molecule has 0 spiro atoms. The molecule has 0 fully saturated rings. The first-order valence-corrected chi connectivity index (χ1v) is 15.9. The first kappa shape index (κ1) is 33.7. The van der Waals surface area contributed by atoms with Gasteiger partial charge in [-0.3, -0.25) is 4.79 Å². The Bertz CT molecular complexity index is 781. The van der Waals surface area contributed by atoms with E-state index in [4.69, 9.17) is 0 Å². The third kappa shape index (κ3) is 12.0. The molecule has 2 atom stereocenters. The number of Topliss-reactive ketones (excluding diaryl/α,β-unsaturated/α-hetero) is 1. The Balaban J connectivity index is 2.70. The van der Waals surface area contributed by atoms with Crippen molar-refractivity contribution in [1.29, 1.82) is 0 Å². The first-order valence-electron chi connectivity index (χ1n) is 14.8. The lowest BCUT2D eigenvalue weighted by atomic mass is 9.75. The van der Waals surface area contributed by atoms with Crippen LogP contribution in [0.25, 0.3) is 0 Å². The number of unbranched alkanes of at least 4 members (excludes halogenated alkanes) is 9. The van der Waals surface area contributed by atoms with Crippen LogP contribution in [0.4, 0.5) is 0 Å². The molecule has 0 aliphatic rings. The number of hydrogen-bond acceptors (Lipinski definition) is 4. The van der Waals surface area contributed by atoms with E-state index in [0.717, 1.165) is 34.5 Å². The molecular formula is C33H56O3S. The smallest absolute Gasteiger partial charge is 0.144 e. The number of benzene rings is 1. The van der Waals surface area contributed by atoms with Crippen LogP contribution in [-0.4, -0.2) is 28.7 Å². The van der Waals surface area contributed by atoms with Gasteiger partial charge in [-0.1, -0.05) is 125 Å². The molecule has 1 aromatic carbocycles. The number of rotatable bonds is 18. The zero-order valence-electron chi connectivity index (χ0n) is 25.3. The molecule has 3 nitrogen and oxygen atoms in total. The number of phenols is 1. The number of aromatic hydroxyl groups is 1. The zero-order chi connectivity index (χ0) is 28.1. The van der Waals surface area contributed by atoms with Crippen molar-refractivity contribution in [3.63, 3.8) is 0 Å². The van der Waals surface area contributed by atoms with Crippen molar-refractivity contribution in [2.45, 2.75) is 143 Å². The van der Waals surface area contributed by atoms with Gasteiger partial charge in [-0.2, -0.15) is 11.8 Å². The topological polar surface area (TPSA) is 54.4 Å². The number of aldehydes is 1. The van der Waals surface area contributed by atoms with Gasteiger partial charge in [0.05, 0.1) is 0 Å². The number of ketones is 1. The summed E-state index contributed by atoms with van der Waals surface area (Å²) in [6.07, 6.45) is 14.4. The van der Waals surface area contributed by atoms with Crippen LogP contribution in [0.1, 0.15) is 149 Å².